The fourth-order valence-electron chi connectivity index (χ4n) is 5.61. The number of aliphatic hydroxyl groups excluding tert-OH is 3. The van der Waals surface area contributed by atoms with E-state index in [2.05, 4.69) is 4.98 Å². The number of nitrogens with zero attached hydrogens (tertiary/aromatic N) is 1. The molecule has 0 aliphatic carbocycles. The first-order valence-electron chi connectivity index (χ1n) is 14.5. The van der Waals surface area contributed by atoms with Crippen LogP contribution >= 0.6 is 11.3 Å². The highest BCUT2D eigenvalue weighted by atomic mass is 32.1. The number of aliphatic hydroxyl groups is 3. The van der Waals surface area contributed by atoms with Crippen LogP contribution in [0.5, 0.6) is 0 Å². The third-order valence-electron chi connectivity index (χ3n) is 8.67. The van der Waals surface area contributed by atoms with E-state index in [9.17, 15) is 24.9 Å². The van der Waals surface area contributed by atoms with Crippen LogP contribution in [0, 0.1) is 17.3 Å². The van der Waals surface area contributed by atoms with Gasteiger partial charge in [0.2, 0.25) is 0 Å². The molecule has 3 heterocycles. The highest BCUT2D eigenvalue weighted by Gasteiger charge is 2.44. The number of carbonyl (C=O) groups is 2. The lowest BCUT2D eigenvalue weighted by Gasteiger charge is -2.34. The van der Waals surface area contributed by atoms with Gasteiger partial charge in [-0.2, -0.15) is 0 Å². The molecule has 8 atom stereocenters. The number of cyclic esters (lactones) is 1. The summed E-state index contributed by atoms with van der Waals surface area (Å²) in [5, 5.41) is 34.9. The summed E-state index contributed by atoms with van der Waals surface area (Å²) < 4.78 is 11.8. The second-order valence-electron chi connectivity index (χ2n) is 12.2. The fraction of sp³-hybridized carbons (Fsp3) is 0.594. The van der Waals surface area contributed by atoms with Gasteiger partial charge in [0.1, 0.15) is 23.0 Å². The van der Waals surface area contributed by atoms with Crippen molar-refractivity contribution in [2.24, 2.45) is 17.3 Å². The Balaban J connectivity index is 1.52. The molecular formula is C32H43NO7S. The molecule has 2 aliphatic rings. The number of Topliss-reactive ketones (excluding diaryl/α,β-unsaturated/α-hetero) is 1. The van der Waals surface area contributed by atoms with Crippen molar-refractivity contribution in [3.05, 3.63) is 57.6 Å². The van der Waals surface area contributed by atoms with E-state index in [1.807, 2.05) is 55.6 Å². The van der Waals surface area contributed by atoms with Gasteiger partial charge in [0.25, 0.3) is 0 Å². The normalized spacial score (nSPS) is 32.6. The summed E-state index contributed by atoms with van der Waals surface area (Å²) in [7, 11) is 0. The predicted octanol–water partition coefficient (Wildman–Crippen LogP) is 4.86. The smallest absolute Gasteiger partial charge is 0.309 e. The molecule has 8 nitrogen and oxygen atoms in total. The molecule has 0 bridgehead atoms. The van der Waals surface area contributed by atoms with Gasteiger partial charge in [0.05, 0.1) is 41.9 Å². The third kappa shape index (κ3) is 7.70. The Hall–Kier alpha value is -2.43. The van der Waals surface area contributed by atoms with E-state index in [0.717, 1.165) is 30.4 Å². The number of benzene rings is 1. The van der Waals surface area contributed by atoms with E-state index < -0.39 is 41.7 Å². The molecule has 1 aromatic carbocycles. The van der Waals surface area contributed by atoms with Gasteiger partial charge in [-0.05, 0) is 42.9 Å². The van der Waals surface area contributed by atoms with Crippen molar-refractivity contribution in [2.75, 3.05) is 0 Å². The number of thiazole rings is 1. The van der Waals surface area contributed by atoms with Gasteiger partial charge in [-0.1, -0.05) is 64.4 Å². The molecule has 2 fully saturated rings. The zero-order chi connectivity index (χ0) is 29.9. The Morgan fingerprint density at radius 2 is 1.83 bits per heavy atom. The monoisotopic (exact) mass is 585 g/mol. The van der Waals surface area contributed by atoms with Crippen LogP contribution in [0.15, 0.2) is 41.3 Å². The lowest BCUT2D eigenvalue weighted by Crippen LogP contribution is -2.45. The number of epoxide rings is 1. The van der Waals surface area contributed by atoms with E-state index >= 15 is 0 Å². The molecule has 4 unspecified atom stereocenters. The first kappa shape index (κ1) is 31.5. The molecule has 2 saturated heterocycles. The molecule has 3 N–H and O–H groups in total. The molecule has 224 valence electrons. The van der Waals surface area contributed by atoms with Crippen LogP contribution in [0.3, 0.4) is 0 Å². The van der Waals surface area contributed by atoms with Crippen LogP contribution in [-0.2, 0) is 19.1 Å². The minimum absolute atomic E-state index is 0.0525. The quantitative estimate of drug-likeness (QED) is 0.343. The van der Waals surface area contributed by atoms with Crippen molar-refractivity contribution in [2.45, 2.75) is 103 Å². The minimum Gasteiger partial charge on any atom is -0.458 e. The maximum absolute atomic E-state index is 13.3. The van der Waals surface area contributed by atoms with Crippen molar-refractivity contribution in [1.29, 1.82) is 0 Å². The molecule has 0 spiro atoms. The molecule has 0 radical (unpaired) electrons. The molecule has 2 aliphatic heterocycles. The standard InChI is InChI=1S/C32H43NO7S/c1-18-10-9-13-23-25(39-23)15-24(40-27(35)16-26(34)32(4,5)30(38)20(3)28(18)36)19(2)14-22-17-41-31(33-22)29(37)21-11-7-6-8-12-21/h6-8,11-12,14,17-18,20,23-26,28-29,34,36-37H,9-10,13,15-16H2,1-5H3/b19-14+/t18-,20-,23?,24?,25?,26+,28-,29?/m1/s1. The fourth-order valence-corrected chi connectivity index (χ4v) is 6.39. The summed E-state index contributed by atoms with van der Waals surface area (Å²) in [5.41, 5.74) is 0.950. The molecule has 41 heavy (non-hydrogen) atoms. The van der Waals surface area contributed by atoms with Crippen molar-refractivity contribution < 1.29 is 34.4 Å². The van der Waals surface area contributed by atoms with Gasteiger partial charge in [-0.3, -0.25) is 9.59 Å². The Kier molecular flexibility index (Phi) is 10.2. The molecule has 9 heteroatoms. The first-order valence-corrected chi connectivity index (χ1v) is 15.4. The Bertz CT molecular complexity index is 1230. The van der Waals surface area contributed by atoms with Crippen LogP contribution in [0.25, 0.3) is 6.08 Å². The van der Waals surface area contributed by atoms with E-state index in [1.54, 1.807) is 20.8 Å². The van der Waals surface area contributed by atoms with Gasteiger partial charge in [0.15, 0.2) is 0 Å². The average molecular weight is 586 g/mol. The number of carbonyl (C=O) groups excluding carboxylic acids is 2. The number of esters is 1. The molecule has 2 aromatic rings. The Labute approximate surface area is 246 Å². The molecule has 0 amide bonds. The Morgan fingerprint density at radius 3 is 2.54 bits per heavy atom. The zero-order valence-electron chi connectivity index (χ0n) is 24.5. The summed E-state index contributed by atoms with van der Waals surface area (Å²) in [5.74, 6) is -1.65. The van der Waals surface area contributed by atoms with Gasteiger partial charge >= 0.3 is 5.97 Å². The number of hydrogen-bond acceptors (Lipinski definition) is 9. The first-order chi connectivity index (χ1) is 19.4. The highest BCUT2D eigenvalue weighted by molar-refractivity contribution is 7.09. The predicted molar refractivity (Wildman–Crippen MR) is 157 cm³/mol. The molecule has 4 rings (SSSR count). The van der Waals surface area contributed by atoms with Gasteiger partial charge < -0.3 is 24.8 Å². The van der Waals surface area contributed by atoms with Gasteiger partial charge in [-0.15, -0.1) is 11.3 Å². The summed E-state index contributed by atoms with van der Waals surface area (Å²) in [4.78, 5) is 30.9. The van der Waals surface area contributed by atoms with Gasteiger partial charge in [0, 0.05) is 17.7 Å². The van der Waals surface area contributed by atoms with Crippen molar-refractivity contribution in [1.82, 2.24) is 4.98 Å². The molecule has 1 aromatic heterocycles. The lowest BCUT2D eigenvalue weighted by molar-refractivity contribution is -0.154. The minimum atomic E-state index is -1.27. The van der Waals surface area contributed by atoms with Crippen molar-refractivity contribution >= 4 is 29.2 Å². The molecule has 0 saturated carbocycles. The maximum Gasteiger partial charge on any atom is 0.309 e. The number of hydrogen-bond donors (Lipinski definition) is 3. The van der Waals surface area contributed by atoms with E-state index in [-0.39, 0.29) is 30.3 Å². The van der Waals surface area contributed by atoms with Crippen molar-refractivity contribution in [3.8, 4) is 0 Å². The number of fused-ring (bicyclic) bond motifs is 1. The van der Waals surface area contributed by atoms with E-state index in [1.165, 1.54) is 11.3 Å². The zero-order valence-corrected chi connectivity index (χ0v) is 25.3. The van der Waals surface area contributed by atoms with Crippen LogP contribution in [-0.4, -0.2) is 62.6 Å². The van der Waals surface area contributed by atoms with Gasteiger partial charge in [-0.25, -0.2) is 4.98 Å². The number of aromatic nitrogens is 1. The van der Waals surface area contributed by atoms with E-state index in [4.69, 9.17) is 9.47 Å². The van der Waals surface area contributed by atoms with Crippen molar-refractivity contribution in [3.63, 3.8) is 0 Å². The Morgan fingerprint density at radius 1 is 1.12 bits per heavy atom. The second-order valence-corrected chi connectivity index (χ2v) is 13.1. The average Bonchev–Trinajstić information content (AvgIpc) is 3.52. The SMILES string of the molecule is C/C(=C\c1csc(C(O)c2ccccc2)n1)C1CC2OC2CCC[C@@H](C)[C@@H](O)[C@@H](C)C(=O)C(C)(C)[C@@H](O)CC(=O)O1. The summed E-state index contributed by atoms with van der Waals surface area (Å²) >= 11 is 1.36. The number of ether oxygens (including phenoxy) is 2. The number of rotatable bonds is 4. The van der Waals surface area contributed by atoms with E-state index in [0.29, 0.717) is 17.1 Å². The second kappa shape index (κ2) is 13.3. The summed E-state index contributed by atoms with van der Waals surface area (Å²) in [6.07, 6.45) is 0.861. The van der Waals surface area contributed by atoms with Crippen LogP contribution in [0.2, 0.25) is 0 Å². The topological polar surface area (TPSA) is 129 Å². The number of ketones is 1. The maximum atomic E-state index is 13.3. The summed E-state index contributed by atoms with van der Waals surface area (Å²) in [6.45, 7) is 8.72. The highest BCUT2D eigenvalue weighted by Crippen LogP contribution is 2.36. The third-order valence-corrected chi connectivity index (χ3v) is 9.58. The van der Waals surface area contributed by atoms with Crippen LogP contribution < -0.4 is 0 Å². The largest absolute Gasteiger partial charge is 0.458 e. The lowest BCUT2D eigenvalue weighted by atomic mass is 9.73. The van der Waals surface area contributed by atoms with Crippen LogP contribution in [0.4, 0.5) is 0 Å². The van der Waals surface area contributed by atoms with Crippen LogP contribution in [0.1, 0.15) is 89.1 Å². The summed E-state index contributed by atoms with van der Waals surface area (Å²) in [6, 6.07) is 9.33. The molecular weight excluding hydrogens is 542 g/mol.